The molecule has 0 aromatic carbocycles. The van der Waals surface area contributed by atoms with Crippen molar-refractivity contribution in [1.82, 2.24) is 9.55 Å². The highest BCUT2D eigenvalue weighted by Gasteiger charge is 2.21. The second-order valence-corrected chi connectivity index (χ2v) is 5.14. The molecule has 0 aliphatic carbocycles. The SMILES string of the molecule is CC(C)(N)c1cncn1CC1CCCCO1. The van der Waals surface area contributed by atoms with E-state index in [-0.39, 0.29) is 5.54 Å². The summed E-state index contributed by atoms with van der Waals surface area (Å²) in [6, 6.07) is 0. The maximum Gasteiger partial charge on any atom is 0.0949 e. The van der Waals surface area contributed by atoms with Crippen LogP contribution in [0.4, 0.5) is 0 Å². The Kier molecular flexibility index (Phi) is 3.30. The highest BCUT2D eigenvalue weighted by molar-refractivity contribution is 5.10. The predicted octanol–water partition coefficient (Wildman–Crippen LogP) is 1.65. The van der Waals surface area contributed by atoms with E-state index in [2.05, 4.69) is 9.55 Å². The monoisotopic (exact) mass is 223 g/mol. The molecule has 2 rings (SSSR count). The van der Waals surface area contributed by atoms with Gasteiger partial charge >= 0.3 is 0 Å². The van der Waals surface area contributed by atoms with E-state index in [1.54, 1.807) is 0 Å². The van der Waals surface area contributed by atoms with Gasteiger partial charge in [-0.25, -0.2) is 4.98 Å². The first-order valence-electron chi connectivity index (χ1n) is 5.98. The summed E-state index contributed by atoms with van der Waals surface area (Å²) < 4.78 is 7.85. The Morgan fingerprint density at radius 2 is 2.38 bits per heavy atom. The first kappa shape index (κ1) is 11.6. The summed E-state index contributed by atoms with van der Waals surface area (Å²) in [6.45, 7) is 5.77. The second-order valence-electron chi connectivity index (χ2n) is 5.14. The van der Waals surface area contributed by atoms with E-state index in [0.29, 0.717) is 6.10 Å². The quantitative estimate of drug-likeness (QED) is 0.847. The van der Waals surface area contributed by atoms with E-state index in [0.717, 1.165) is 25.3 Å². The third-order valence-electron chi connectivity index (χ3n) is 3.05. The van der Waals surface area contributed by atoms with Crippen LogP contribution in [0.5, 0.6) is 0 Å². The number of rotatable bonds is 3. The smallest absolute Gasteiger partial charge is 0.0949 e. The lowest BCUT2D eigenvalue weighted by Crippen LogP contribution is -2.33. The fraction of sp³-hybridized carbons (Fsp3) is 0.750. The summed E-state index contributed by atoms with van der Waals surface area (Å²) in [7, 11) is 0. The molecule has 0 radical (unpaired) electrons. The molecule has 90 valence electrons. The Balaban J connectivity index is 2.06. The maximum atomic E-state index is 6.11. The molecule has 1 atom stereocenters. The van der Waals surface area contributed by atoms with Gasteiger partial charge in [-0.15, -0.1) is 0 Å². The molecular weight excluding hydrogens is 202 g/mol. The molecule has 1 aromatic heterocycles. The van der Waals surface area contributed by atoms with Crippen molar-refractivity contribution >= 4 is 0 Å². The van der Waals surface area contributed by atoms with Gasteiger partial charge in [0.05, 0.1) is 30.2 Å². The third kappa shape index (κ3) is 2.62. The summed E-state index contributed by atoms with van der Waals surface area (Å²) >= 11 is 0. The van der Waals surface area contributed by atoms with E-state index in [9.17, 15) is 0 Å². The van der Waals surface area contributed by atoms with E-state index in [4.69, 9.17) is 10.5 Å². The van der Waals surface area contributed by atoms with Gasteiger partial charge in [0.2, 0.25) is 0 Å². The topological polar surface area (TPSA) is 53.1 Å². The second kappa shape index (κ2) is 4.55. The minimum Gasteiger partial charge on any atom is -0.376 e. The molecule has 4 nitrogen and oxygen atoms in total. The number of hydrogen-bond acceptors (Lipinski definition) is 3. The number of nitrogens with zero attached hydrogens (tertiary/aromatic N) is 2. The van der Waals surface area contributed by atoms with Crippen molar-refractivity contribution in [2.24, 2.45) is 5.73 Å². The number of hydrogen-bond donors (Lipinski definition) is 1. The van der Waals surface area contributed by atoms with Gasteiger partial charge in [-0.1, -0.05) is 0 Å². The first-order chi connectivity index (χ1) is 7.57. The Labute approximate surface area is 96.8 Å². The van der Waals surface area contributed by atoms with Crippen LogP contribution in [-0.4, -0.2) is 22.3 Å². The molecule has 1 aliphatic rings. The molecule has 1 unspecified atom stereocenters. The van der Waals surface area contributed by atoms with Gasteiger partial charge in [0.25, 0.3) is 0 Å². The molecule has 4 heteroatoms. The lowest BCUT2D eigenvalue weighted by atomic mass is 10.0. The zero-order chi connectivity index (χ0) is 11.6. The van der Waals surface area contributed by atoms with Crippen molar-refractivity contribution in [3.8, 4) is 0 Å². The minimum atomic E-state index is -0.342. The normalized spacial score (nSPS) is 22.3. The summed E-state index contributed by atoms with van der Waals surface area (Å²) in [5.74, 6) is 0. The number of aromatic nitrogens is 2. The Morgan fingerprint density at radius 1 is 1.56 bits per heavy atom. The lowest BCUT2D eigenvalue weighted by molar-refractivity contribution is 0.00520. The van der Waals surface area contributed by atoms with Crippen molar-refractivity contribution in [2.45, 2.75) is 51.3 Å². The zero-order valence-corrected chi connectivity index (χ0v) is 10.1. The van der Waals surface area contributed by atoms with Crippen LogP contribution in [0.25, 0.3) is 0 Å². The van der Waals surface area contributed by atoms with Gasteiger partial charge in [-0.05, 0) is 33.1 Å². The van der Waals surface area contributed by atoms with Gasteiger partial charge < -0.3 is 15.0 Å². The van der Waals surface area contributed by atoms with Crippen molar-refractivity contribution in [3.05, 3.63) is 18.2 Å². The first-order valence-corrected chi connectivity index (χ1v) is 5.98. The Bertz CT molecular complexity index is 334. The van der Waals surface area contributed by atoms with Crippen molar-refractivity contribution in [3.63, 3.8) is 0 Å². The molecular formula is C12H21N3O. The van der Waals surface area contributed by atoms with Crippen molar-refractivity contribution in [1.29, 1.82) is 0 Å². The van der Waals surface area contributed by atoms with Crippen LogP contribution in [0.3, 0.4) is 0 Å². The Hall–Kier alpha value is -0.870. The zero-order valence-electron chi connectivity index (χ0n) is 10.1. The van der Waals surface area contributed by atoms with Crippen LogP contribution in [-0.2, 0) is 16.8 Å². The highest BCUT2D eigenvalue weighted by Crippen LogP contribution is 2.19. The van der Waals surface area contributed by atoms with Crippen LogP contribution in [0, 0.1) is 0 Å². The number of ether oxygens (including phenoxy) is 1. The maximum absolute atomic E-state index is 6.11. The van der Waals surface area contributed by atoms with Gasteiger partial charge in [0.15, 0.2) is 0 Å². The average Bonchev–Trinajstić information content (AvgIpc) is 2.67. The molecule has 1 aliphatic heterocycles. The molecule has 2 N–H and O–H groups in total. The minimum absolute atomic E-state index is 0.323. The van der Waals surface area contributed by atoms with Crippen LogP contribution in [0.1, 0.15) is 38.8 Å². The van der Waals surface area contributed by atoms with Gasteiger partial charge in [-0.3, -0.25) is 0 Å². The predicted molar refractivity (Wildman–Crippen MR) is 63.0 cm³/mol. The van der Waals surface area contributed by atoms with Gasteiger partial charge in [0.1, 0.15) is 0 Å². The molecule has 0 spiro atoms. The molecule has 0 bridgehead atoms. The molecule has 16 heavy (non-hydrogen) atoms. The van der Waals surface area contributed by atoms with E-state index < -0.39 is 0 Å². The van der Waals surface area contributed by atoms with E-state index in [1.807, 2.05) is 26.4 Å². The standard InChI is InChI=1S/C12H21N3O/c1-12(2,13)11-7-14-9-15(11)8-10-5-3-4-6-16-10/h7,9-10H,3-6,8,13H2,1-2H3. The summed E-state index contributed by atoms with van der Waals surface area (Å²) in [4.78, 5) is 4.18. The van der Waals surface area contributed by atoms with E-state index >= 15 is 0 Å². The number of nitrogens with two attached hydrogens (primary N) is 1. The average molecular weight is 223 g/mol. The molecule has 1 fully saturated rings. The van der Waals surface area contributed by atoms with E-state index in [1.165, 1.54) is 12.8 Å². The molecule has 0 amide bonds. The number of imidazole rings is 1. The molecule has 1 saturated heterocycles. The summed E-state index contributed by atoms with van der Waals surface area (Å²) in [6.07, 6.45) is 7.62. The molecule has 2 heterocycles. The summed E-state index contributed by atoms with van der Waals surface area (Å²) in [5, 5.41) is 0. The molecule has 1 aromatic rings. The van der Waals surface area contributed by atoms with Crippen LogP contribution >= 0.6 is 0 Å². The molecule has 0 saturated carbocycles. The fourth-order valence-electron chi connectivity index (χ4n) is 2.17. The van der Waals surface area contributed by atoms with Gasteiger partial charge in [-0.2, -0.15) is 0 Å². The van der Waals surface area contributed by atoms with Crippen molar-refractivity contribution in [2.75, 3.05) is 6.61 Å². The largest absolute Gasteiger partial charge is 0.376 e. The van der Waals surface area contributed by atoms with Gasteiger partial charge in [0, 0.05) is 12.8 Å². The van der Waals surface area contributed by atoms with Crippen LogP contribution in [0.15, 0.2) is 12.5 Å². The van der Waals surface area contributed by atoms with Crippen LogP contribution < -0.4 is 5.73 Å². The summed E-state index contributed by atoms with van der Waals surface area (Å²) in [5.41, 5.74) is 6.83. The van der Waals surface area contributed by atoms with Crippen molar-refractivity contribution < 1.29 is 4.74 Å². The highest BCUT2D eigenvalue weighted by atomic mass is 16.5. The Morgan fingerprint density at radius 3 is 3.00 bits per heavy atom. The fourth-order valence-corrected chi connectivity index (χ4v) is 2.17. The lowest BCUT2D eigenvalue weighted by Gasteiger charge is -2.26. The third-order valence-corrected chi connectivity index (χ3v) is 3.05. The van der Waals surface area contributed by atoms with Crippen LogP contribution in [0.2, 0.25) is 0 Å².